The molecule has 146 valence electrons. The van der Waals surface area contributed by atoms with Gasteiger partial charge in [-0.05, 0) is 86.9 Å². The summed E-state index contributed by atoms with van der Waals surface area (Å²) >= 11 is 0. The Kier molecular flexibility index (Phi) is 5.26. The molecule has 5 heteroatoms. The molecule has 0 aliphatic heterocycles. The van der Waals surface area contributed by atoms with Crippen LogP contribution in [0.5, 0.6) is 0 Å². The van der Waals surface area contributed by atoms with Crippen LogP contribution in [0.3, 0.4) is 0 Å². The Morgan fingerprint density at radius 3 is 2.33 bits per heavy atom. The van der Waals surface area contributed by atoms with E-state index in [2.05, 4.69) is 36.0 Å². The van der Waals surface area contributed by atoms with Gasteiger partial charge in [-0.3, -0.25) is 4.72 Å². The minimum atomic E-state index is -3.40. The van der Waals surface area contributed by atoms with Gasteiger partial charge in [0.2, 0.25) is 10.0 Å². The van der Waals surface area contributed by atoms with Gasteiger partial charge in [0.1, 0.15) is 0 Å². The number of hydrogen-bond donors (Lipinski definition) is 2. The summed E-state index contributed by atoms with van der Waals surface area (Å²) < 4.78 is 26.3. The third-order valence-corrected chi connectivity index (χ3v) is 7.43. The lowest BCUT2D eigenvalue weighted by Crippen LogP contribution is -2.33. The Labute approximate surface area is 163 Å². The van der Waals surface area contributed by atoms with E-state index in [-0.39, 0.29) is 0 Å². The third-order valence-electron chi connectivity index (χ3n) is 5.31. The number of benzene rings is 2. The van der Waals surface area contributed by atoms with E-state index in [1.54, 1.807) is 20.8 Å². The Hall–Kier alpha value is -2.01. The zero-order valence-corrected chi connectivity index (χ0v) is 17.7. The standard InChI is InChI=1S/C22H30N2O2S/c1-15-12-18-8-11-21(16(2)20(18)13-15)23-14-17-6-9-19(10-7-17)24-27(25,26)22(3,4)5/h6-11,15,23-24H,12-14H2,1-5H3. The molecule has 0 amide bonds. The summed E-state index contributed by atoms with van der Waals surface area (Å²) in [6.45, 7) is 10.3. The van der Waals surface area contributed by atoms with Crippen molar-refractivity contribution in [2.24, 2.45) is 5.92 Å². The normalized spacial score (nSPS) is 16.9. The van der Waals surface area contributed by atoms with Crippen molar-refractivity contribution < 1.29 is 8.42 Å². The van der Waals surface area contributed by atoms with Crippen LogP contribution in [0.1, 0.15) is 49.9 Å². The Morgan fingerprint density at radius 2 is 1.70 bits per heavy atom. The first kappa shape index (κ1) is 19.7. The van der Waals surface area contributed by atoms with Crippen LogP contribution in [0.2, 0.25) is 0 Å². The molecule has 0 aromatic heterocycles. The van der Waals surface area contributed by atoms with Gasteiger partial charge in [-0.15, -0.1) is 0 Å². The fourth-order valence-corrected chi connectivity index (χ4v) is 4.22. The van der Waals surface area contributed by atoms with Gasteiger partial charge in [-0.25, -0.2) is 8.42 Å². The second-order valence-corrected chi connectivity index (χ2v) is 11.1. The molecule has 2 aromatic carbocycles. The van der Waals surface area contributed by atoms with Crippen LogP contribution in [0.25, 0.3) is 0 Å². The summed E-state index contributed by atoms with van der Waals surface area (Å²) in [5.74, 6) is 0.735. The first-order valence-electron chi connectivity index (χ1n) is 9.53. The second-order valence-electron chi connectivity index (χ2n) is 8.66. The highest BCUT2D eigenvalue weighted by Gasteiger charge is 2.28. The number of anilines is 2. The number of hydrogen-bond acceptors (Lipinski definition) is 3. The Balaban J connectivity index is 1.66. The fourth-order valence-electron chi connectivity index (χ4n) is 3.47. The van der Waals surface area contributed by atoms with E-state index in [1.807, 2.05) is 24.3 Å². The van der Waals surface area contributed by atoms with Crippen LogP contribution in [0, 0.1) is 12.8 Å². The molecule has 1 aliphatic carbocycles. The van der Waals surface area contributed by atoms with Gasteiger partial charge in [0.25, 0.3) is 0 Å². The lowest BCUT2D eigenvalue weighted by molar-refractivity contribution is 0.566. The van der Waals surface area contributed by atoms with E-state index < -0.39 is 14.8 Å². The van der Waals surface area contributed by atoms with E-state index in [1.165, 1.54) is 35.2 Å². The minimum Gasteiger partial charge on any atom is -0.381 e. The van der Waals surface area contributed by atoms with Crippen molar-refractivity contribution in [2.45, 2.75) is 58.8 Å². The van der Waals surface area contributed by atoms with Gasteiger partial charge in [-0.2, -0.15) is 0 Å². The number of nitrogens with one attached hydrogen (secondary N) is 2. The highest BCUT2D eigenvalue weighted by Crippen LogP contribution is 2.33. The maximum Gasteiger partial charge on any atom is 0.237 e. The summed E-state index contributed by atoms with van der Waals surface area (Å²) in [7, 11) is -3.40. The van der Waals surface area contributed by atoms with Crippen LogP contribution in [-0.2, 0) is 29.4 Å². The van der Waals surface area contributed by atoms with Crippen LogP contribution in [0.4, 0.5) is 11.4 Å². The molecule has 0 saturated heterocycles. The van der Waals surface area contributed by atoms with Crippen molar-refractivity contribution in [3.05, 3.63) is 58.7 Å². The zero-order valence-electron chi connectivity index (χ0n) is 16.9. The average Bonchev–Trinajstić information content (AvgIpc) is 2.96. The average molecular weight is 387 g/mol. The van der Waals surface area contributed by atoms with E-state index in [4.69, 9.17) is 0 Å². The van der Waals surface area contributed by atoms with Crippen molar-refractivity contribution in [3.8, 4) is 0 Å². The highest BCUT2D eigenvalue weighted by atomic mass is 32.2. The molecule has 1 aliphatic rings. The van der Waals surface area contributed by atoms with E-state index >= 15 is 0 Å². The fraction of sp³-hybridized carbons (Fsp3) is 0.455. The maximum absolute atomic E-state index is 12.2. The monoisotopic (exact) mass is 386 g/mol. The molecule has 1 unspecified atom stereocenters. The largest absolute Gasteiger partial charge is 0.381 e. The molecular formula is C22H30N2O2S. The topological polar surface area (TPSA) is 58.2 Å². The van der Waals surface area contributed by atoms with Gasteiger partial charge < -0.3 is 5.32 Å². The lowest BCUT2D eigenvalue weighted by atomic mass is 10.0. The summed E-state index contributed by atoms with van der Waals surface area (Å²) in [5.41, 5.74) is 7.23. The summed E-state index contributed by atoms with van der Waals surface area (Å²) in [6, 6.07) is 12.0. The zero-order chi connectivity index (χ0) is 19.8. The minimum absolute atomic E-state index is 0.594. The highest BCUT2D eigenvalue weighted by molar-refractivity contribution is 7.94. The van der Waals surface area contributed by atoms with Gasteiger partial charge >= 0.3 is 0 Å². The van der Waals surface area contributed by atoms with Gasteiger partial charge in [0, 0.05) is 17.9 Å². The molecule has 0 radical (unpaired) electrons. The van der Waals surface area contributed by atoms with Crippen LogP contribution >= 0.6 is 0 Å². The first-order chi connectivity index (χ1) is 12.6. The SMILES string of the molecule is Cc1c(NCc2ccc(NS(=O)(=O)C(C)(C)C)cc2)ccc2c1CC(C)C2. The van der Waals surface area contributed by atoms with E-state index in [9.17, 15) is 8.42 Å². The van der Waals surface area contributed by atoms with Crippen molar-refractivity contribution in [2.75, 3.05) is 10.0 Å². The second kappa shape index (κ2) is 7.19. The van der Waals surface area contributed by atoms with Crippen molar-refractivity contribution in [1.82, 2.24) is 0 Å². The summed E-state index contributed by atoms with van der Waals surface area (Å²) in [4.78, 5) is 0. The molecule has 0 heterocycles. The van der Waals surface area contributed by atoms with Crippen LogP contribution < -0.4 is 10.0 Å². The molecule has 0 spiro atoms. The van der Waals surface area contributed by atoms with Gasteiger partial charge in [0.15, 0.2) is 0 Å². The quantitative estimate of drug-likeness (QED) is 0.770. The smallest absolute Gasteiger partial charge is 0.237 e. The number of fused-ring (bicyclic) bond motifs is 1. The number of rotatable bonds is 5. The summed E-state index contributed by atoms with van der Waals surface area (Å²) in [6.07, 6.45) is 2.35. The molecule has 2 N–H and O–H groups in total. The predicted molar refractivity (Wildman–Crippen MR) is 114 cm³/mol. The van der Waals surface area contributed by atoms with E-state index in [0.717, 1.165) is 11.5 Å². The Morgan fingerprint density at radius 1 is 1.04 bits per heavy atom. The number of sulfonamides is 1. The third kappa shape index (κ3) is 4.29. The van der Waals surface area contributed by atoms with E-state index in [0.29, 0.717) is 12.2 Å². The molecule has 27 heavy (non-hydrogen) atoms. The van der Waals surface area contributed by atoms with Crippen LogP contribution in [-0.4, -0.2) is 13.2 Å². The van der Waals surface area contributed by atoms with Crippen molar-refractivity contribution in [1.29, 1.82) is 0 Å². The van der Waals surface area contributed by atoms with Gasteiger partial charge in [0.05, 0.1) is 4.75 Å². The molecule has 1 atom stereocenters. The molecule has 4 nitrogen and oxygen atoms in total. The van der Waals surface area contributed by atoms with Gasteiger partial charge in [-0.1, -0.05) is 25.1 Å². The van der Waals surface area contributed by atoms with Crippen molar-refractivity contribution in [3.63, 3.8) is 0 Å². The first-order valence-corrected chi connectivity index (χ1v) is 11.0. The predicted octanol–water partition coefficient (Wildman–Crippen LogP) is 4.88. The molecular weight excluding hydrogens is 356 g/mol. The molecule has 0 saturated carbocycles. The molecule has 3 rings (SSSR count). The lowest BCUT2D eigenvalue weighted by Gasteiger charge is -2.20. The summed E-state index contributed by atoms with van der Waals surface area (Å²) in [5, 5.41) is 3.53. The van der Waals surface area contributed by atoms with Crippen LogP contribution in [0.15, 0.2) is 36.4 Å². The molecule has 2 aromatic rings. The Bertz CT molecular complexity index is 926. The molecule has 0 bridgehead atoms. The molecule has 0 fully saturated rings. The maximum atomic E-state index is 12.2. The van der Waals surface area contributed by atoms with Crippen molar-refractivity contribution >= 4 is 21.4 Å².